The number of methoxy groups -OCH3 is 2. The van der Waals surface area contributed by atoms with E-state index >= 15 is 0 Å². The fraction of sp³-hybridized carbons (Fsp3) is 0.154. The zero-order valence-electron chi connectivity index (χ0n) is 18.3. The number of nitrogens with one attached hydrogen (secondary N) is 1. The largest absolute Gasteiger partial charge is 0.493 e. The van der Waals surface area contributed by atoms with Gasteiger partial charge >= 0.3 is 0 Å². The SMILES string of the molecule is COc1cc(C)c(NC(=O)c2cn(Cc3ccccc3)nc2-c2ccccc2)cc1OC. The first kappa shape index (κ1) is 21.2. The number of ether oxygens (including phenoxy) is 2. The van der Waals surface area contributed by atoms with Crippen molar-refractivity contribution in [3.05, 3.63) is 95.7 Å². The van der Waals surface area contributed by atoms with Crippen LogP contribution in [0.2, 0.25) is 0 Å². The van der Waals surface area contributed by atoms with Gasteiger partial charge in [-0.2, -0.15) is 5.10 Å². The van der Waals surface area contributed by atoms with Gasteiger partial charge in [0.15, 0.2) is 11.5 Å². The first-order valence-electron chi connectivity index (χ1n) is 10.3. The molecular weight excluding hydrogens is 402 g/mol. The van der Waals surface area contributed by atoms with E-state index in [1.54, 1.807) is 31.2 Å². The first-order valence-corrected chi connectivity index (χ1v) is 10.3. The number of aryl methyl sites for hydroxylation is 1. The molecule has 0 aliphatic heterocycles. The maximum absolute atomic E-state index is 13.3. The molecule has 162 valence electrons. The van der Waals surface area contributed by atoms with E-state index in [0.717, 1.165) is 16.7 Å². The molecule has 1 N–H and O–H groups in total. The number of hydrogen-bond donors (Lipinski definition) is 1. The molecule has 0 fully saturated rings. The Kier molecular flexibility index (Phi) is 6.22. The highest BCUT2D eigenvalue weighted by molar-refractivity contribution is 6.08. The first-order chi connectivity index (χ1) is 15.6. The molecule has 32 heavy (non-hydrogen) atoms. The normalized spacial score (nSPS) is 10.6. The van der Waals surface area contributed by atoms with Gasteiger partial charge in [-0.15, -0.1) is 0 Å². The summed E-state index contributed by atoms with van der Waals surface area (Å²) in [6, 6.07) is 23.4. The Labute approximate surface area is 187 Å². The molecule has 0 saturated carbocycles. The van der Waals surface area contributed by atoms with Gasteiger partial charge in [-0.25, -0.2) is 0 Å². The van der Waals surface area contributed by atoms with E-state index in [4.69, 9.17) is 14.6 Å². The van der Waals surface area contributed by atoms with Crippen LogP contribution >= 0.6 is 0 Å². The van der Waals surface area contributed by atoms with Crippen molar-refractivity contribution in [1.82, 2.24) is 9.78 Å². The summed E-state index contributed by atoms with van der Waals surface area (Å²) < 4.78 is 12.5. The smallest absolute Gasteiger partial charge is 0.259 e. The molecule has 0 saturated heterocycles. The van der Waals surface area contributed by atoms with Crippen molar-refractivity contribution in [2.45, 2.75) is 13.5 Å². The summed E-state index contributed by atoms with van der Waals surface area (Å²) in [5.41, 5.74) is 4.65. The van der Waals surface area contributed by atoms with Gasteiger partial charge in [0.25, 0.3) is 5.91 Å². The van der Waals surface area contributed by atoms with E-state index in [2.05, 4.69) is 5.32 Å². The van der Waals surface area contributed by atoms with Crippen LogP contribution in [0.5, 0.6) is 11.5 Å². The van der Waals surface area contributed by atoms with Crippen molar-refractivity contribution in [2.24, 2.45) is 0 Å². The maximum Gasteiger partial charge on any atom is 0.259 e. The summed E-state index contributed by atoms with van der Waals surface area (Å²) >= 11 is 0. The van der Waals surface area contributed by atoms with E-state index in [1.807, 2.05) is 73.7 Å². The summed E-state index contributed by atoms with van der Waals surface area (Å²) in [4.78, 5) is 13.3. The second-order valence-electron chi connectivity index (χ2n) is 7.42. The molecule has 0 atom stereocenters. The van der Waals surface area contributed by atoms with Crippen LogP contribution in [0.3, 0.4) is 0 Å². The number of amides is 1. The lowest BCUT2D eigenvalue weighted by molar-refractivity contribution is 0.102. The highest BCUT2D eigenvalue weighted by Crippen LogP contribution is 2.33. The van der Waals surface area contributed by atoms with Gasteiger partial charge < -0.3 is 14.8 Å². The molecule has 3 aromatic carbocycles. The van der Waals surface area contributed by atoms with Crippen molar-refractivity contribution >= 4 is 11.6 Å². The summed E-state index contributed by atoms with van der Waals surface area (Å²) in [5, 5.41) is 7.75. The second-order valence-corrected chi connectivity index (χ2v) is 7.42. The van der Waals surface area contributed by atoms with Crippen molar-refractivity contribution in [3.8, 4) is 22.8 Å². The number of carbonyl (C=O) groups is 1. The second kappa shape index (κ2) is 9.39. The summed E-state index contributed by atoms with van der Waals surface area (Å²) in [6.45, 7) is 2.48. The van der Waals surface area contributed by atoms with Crippen LogP contribution in [-0.4, -0.2) is 29.9 Å². The standard InChI is InChI=1S/C26H25N3O3/c1-18-14-23(31-2)24(32-3)15-22(18)27-26(30)21-17-29(16-19-10-6-4-7-11-19)28-25(21)20-12-8-5-9-13-20/h4-15,17H,16H2,1-3H3,(H,27,30). The Bertz CT molecular complexity index is 1220. The van der Waals surface area contributed by atoms with Crippen molar-refractivity contribution in [3.63, 3.8) is 0 Å². The molecule has 0 radical (unpaired) electrons. The fourth-order valence-corrected chi connectivity index (χ4v) is 3.55. The molecule has 0 spiro atoms. The molecule has 1 aromatic heterocycles. The Morgan fingerprint density at radius 2 is 1.56 bits per heavy atom. The Morgan fingerprint density at radius 3 is 2.22 bits per heavy atom. The van der Waals surface area contributed by atoms with Gasteiger partial charge in [-0.3, -0.25) is 9.48 Å². The Balaban J connectivity index is 1.69. The van der Waals surface area contributed by atoms with Crippen LogP contribution in [0.1, 0.15) is 21.5 Å². The van der Waals surface area contributed by atoms with Gasteiger partial charge in [0.1, 0.15) is 5.69 Å². The monoisotopic (exact) mass is 427 g/mol. The predicted molar refractivity (Wildman–Crippen MR) is 125 cm³/mol. The van der Waals surface area contributed by atoms with Crippen LogP contribution in [0, 0.1) is 6.92 Å². The number of nitrogens with zero attached hydrogens (tertiary/aromatic N) is 2. The lowest BCUT2D eigenvalue weighted by Crippen LogP contribution is -2.13. The lowest BCUT2D eigenvalue weighted by atomic mass is 10.1. The highest BCUT2D eigenvalue weighted by Gasteiger charge is 2.20. The average Bonchev–Trinajstić information content (AvgIpc) is 3.25. The summed E-state index contributed by atoms with van der Waals surface area (Å²) in [5.74, 6) is 0.929. The molecule has 4 aromatic rings. The highest BCUT2D eigenvalue weighted by atomic mass is 16.5. The van der Waals surface area contributed by atoms with Gasteiger partial charge in [0.05, 0.1) is 26.3 Å². The van der Waals surface area contributed by atoms with E-state index in [9.17, 15) is 4.79 Å². The third-order valence-electron chi connectivity index (χ3n) is 5.22. The van der Waals surface area contributed by atoms with Crippen molar-refractivity contribution in [1.29, 1.82) is 0 Å². The molecule has 1 amide bonds. The maximum atomic E-state index is 13.3. The van der Waals surface area contributed by atoms with Crippen LogP contribution in [0.15, 0.2) is 79.0 Å². The topological polar surface area (TPSA) is 65.4 Å². The zero-order valence-corrected chi connectivity index (χ0v) is 18.3. The predicted octanol–water partition coefficient (Wildman–Crippen LogP) is 5.18. The molecule has 0 unspecified atom stereocenters. The van der Waals surface area contributed by atoms with Crippen molar-refractivity contribution < 1.29 is 14.3 Å². The minimum atomic E-state index is -0.238. The van der Waals surface area contributed by atoms with Crippen LogP contribution in [0.4, 0.5) is 5.69 Å². The van der Waals surface area contributed by atoms with Crippen LogP contribution in [-0.2, 0) is 6.54 Å². The van der Waals surface area contributed by atoms with Gasteiger partial charge in [-0.05, 0) is 24.1 Å². The van der Waals surface area contributed by atoms with E-state index in [-0.39, 0.29) is 5.91 Å². The lowest BCUT2D eigenvalue weighted by Gasteiger charge is -2.13. The van der Waals surface area contributed by atoms with Crippen LogP contribution < -0.4 is 14.8 Å². The van der Waals surface area contributed by atoms with E-state index in [1.165, 1.54) is 0 Å². The number of rotatable bonds is 7. The van der Waals surface area contributed by atoms with Crippen LogP contribution in [0.25, 0.3) is 11.3 Å². The third-order valence-corrected chi connectivity index (χ3v) is 5.22. The quantitative estimate of drug-likeness (QED) is 0.442. The molecule has 6 heteroatoms. The summed E-state index contributed by atoms with van der Waals surface area (Å²) in [6.07, 6.45) is 1.79. The molecule has 6 nitrogen and oxygen atoms in total. The number of hydrogen-bond acceptors (Lipinski definition) is 4. The minimum Gasteiger partial charge on any atom is -0.493 e. The Hall–Kier alpha value is -4.06. The van der Waals surface area contributed by atoms with Gasteiger partial charge in [0, 0.05) is 23.5 Å². The molecule has 0 aliphatic carbocycles. The third kappa shape index (κ3) is 4.49. The minimum absolute atomic E-state index is 0.238. The number of anilines is 1. The molecule has 0 bridgehead atoms. The average molecular weight is 428 g/mol. The fourth-order valence-electron chi connectivity index (χ4n) is 3.55. The molecule has 1 heterocycles. The zero-order chi connectivity index (χ0) is 22.5. The summed E-state index contributed by atoms with van der Waals surface area (Å²) in [7, 11) is 3.16. The molecule has 4 rings (SSSR count). The van der Waals surface area contributed by atoms with E-state index < -0.39 is 0 Å². The number of benzene rings is 3. The molecule has 0 aliphatic rings. The number of aromatic nitrogens is 2. The van der Waals surface area contributed by atoms with Gasteiger partial charge in [0.2, 0.25) is 0 Å². The van der Waals surface area contributed by atoms with Crippen molar-refractivity contribution in [2.75, 3.05) is 19.5 Å². The number of carbonyl (C=O) groups excluding carboxylic acids is 1. The molecular formula is C26H25N3O3. The van der Waals surface area contributed by atoms with Gasteiger partial charge in [-0.1, -0.05) is 60.7 Å². The Morgan fingerprint density at radius 1 is 0.938 bits per heavy atom. The van der Waals surface area contributed by atoms with E-state index in [0.29, 0.717) is 35.0 Å².